The number of nitrogens with zero attached hydrogens (tertiary/aromatic N) is 1. The highest BCUT2D eigenvalue weighted by atomic mass is 32.1. The Balaban J connectivity index is 2.97. The van der Waals surface area contributed by atoms with E-state index in [4.69, 9.17) is 0 Å². The number of rotatable bonds is 0. The van der Waals surface area contributed by atoms with Crippen LogP contribution in [0, 0.1) is 6.92 Å². The van der Waals surface area contributed by atoms with Gasteiger partial charge in [-0.2, -0.15) is 0 Å². The van der Waals surface area contributed by atoms with E-state index in [9.17, 15) is 4.79 Å². The molecular weight excluding hydrogens is 170 g/mol. The first-order chi connectivity index (χ1) is 5.68. The zero-order valence-electron chi connectivity index (χ0n) is 7.00. The van der Waals surface area contributed by atoms with Crippen molar-refractivity contribution in [1.29, 1.82) is 0 Å². The standard InChI is InChI=1S/C9H9NOS/c1-6-3-4-7-8(5-6)12-10(2)9(7)11/h3-5H,1-2H3. The van der Waals surface area contributed by atoms with Crippen molar-refractivity contribution >= 4 is 21.6 Å². The molecule has 2 aromatic rings. The number of aromatic nitrogens is 1. The van der Waals surface area contributed by atoms with E-state index in [-0.39, 0.29) is 5.56 Å². The fourth-order valence-corrected chi connectivity index (χ4v) is 2.21. The van der Waals surface area contributed by atoms with Crippen LogP contribution in [0.3, 0.4) is 0 Å². The maximum atomic E-state index is 11.4. The molecule has 12 heavy (non-hydrogen) atoms. The largest absolute Gasteiger partial charge is 0.268 e. The lowest BCUT2D eigenvalue weighted by Gasteiger charge is -1.88. The molecule has 0 bridgehead atoms. The fraction of sp³-hybridized carbons (Fsp3) is 0.222. The summed E-state index contributed by atoms with van der Waals surface area (Å²) in [5.41, 5.74) is 1.30. The Kier molecular flexibility index (Phi) is 1.54. The van der Waals surface area contributed by atoms with Crippen LogP contribution in [0.1, 0.15) is 5.56 Å². The Morgan fingerprint density at radius 1 is 1.42 bits per heavy atom. The molecule has 1 aromatic heterocycles. The number of aryl methyl sites for hydroxylation is 2. The van der Waals surface area contributed by atoms with Gasteiger partial charge in [-0.15, -0.1) is 0 Å². The van der Waals surface area contributed by atoms with Crippen LogP contribution in [0.25, 0.3) is 10.1 Å². The maximum absolute atomic E-state index is 11.4. The summed E-state index contributed by atoms with van der Waals surface area (Å²) >= 11 is 1.50. The van der Waals surface area contributed by atoms with Gasteiger partial charge in [-0.1, -0.05) is 17.6 Å². The van der Waals surface area contributed by atoms with Gasteiger partial charge in [-0.25, -0.2) is 0 Å². The average molecular weight is 179 g/mol. The van der Waals surface area contributed by atoms with Crippen LogP contribution < -0.4 is 5.56 Å². The number of benzene rings is 1. The van der Waals surface area contributed by atoms with E-state index < -0.39 is 0 Å². The van der Waals surface area contributed by atoms with Gasteiger partial charge in [0.2, 0.25) is 0 Å². The summed E-state index contributed by atoms with van der Waals surface area (Å²) < 4.78 is 2.73. The fourth-order valence-electron chi connectivity index (χ4n) is 1.24. The lowest BCUT2D eigenvalue weighted by molar-refractivity contribution is 0.989. The number of fused-ring (bicyclic) bond motifs is 1. The highest BCUT2D eigenvalue weighted by molar-refractivity contribution is 7.13. The first-order valence-electron chi connectivity index (χ1n) is 3.75. The van der Waals surface area contributed by atoms with E-state index in [0.717, 1.165) is 10.1 Å². The summed E-state index contributed by atoms with van der Waals surface area (Å²) in [6.45, 7) is 2.03. The van der Waals surface area contributed by atoms with Crippen LogP contribution in [0.4, 0.5) is 0 Å². The second-order valence-electron chi connectivity index (χ2n) is 2.89. The SMILES string of the molecule is Cc1ccc2c(=O)n(C)sc2c1. The Morgan fingerprint density at radius 3 is 2.92 bits per heavy atom. The maximum Gasteiger partial charge on any atom is 0.268 e. The molecule has 0 aliphatic carbocycles. The number of hydrogen-bond acceptors (Lipinski definition) is 2. The second-order valence-corrected chi connectivity index (χ2v) is 4.06. The summed E-state index contributed by atoms with van der Waals surface area (Å²) in [5, 5.41) is 0.827. The van der Waals surface area contributed by atoms with E-state index in [1.54, 1.807) is 11.0 Å². The summed E-state index contributed by atoms with van der Waals surface area (Å²) in [4.78, 5) is 11.4. The Labute approximate surface area is 74.2 Å². The molecule has 1 heterocycles. The summed E-state index contributed by atoms with van der Waals surface area (Å²) in [6.07, 6.45) is 0. The Morgan fingerprint density at radius 2 is 2.17 bits per heavy atom. The molecule has 3 heteroatoms. The smallest absolute Gasteiger partial charge is 0.268 e. The molecule has 2 nitrogen and oxygen atoms in total. The van der Waals surface area contributed by atoms with Gasteiger partial charge in [0.25, 0.3) is 5.56 Å². The first-order valence-corrected chi connectivity index (χ1v) is 4.52. The third-order valence-corrected chi connectivity index (χ3v) is 2.86. The quantitative estimate of drug-likeness (QED) is 0.605. The Bertz CT molecular complexity index is 481. The molecule has 0 fully saturated rings. The van der Waals surface area contributed by atoms with Gasteiger partial charge in [0, 0.05) is 7.05 Å². The van der Waals surface area contributed by atoms with Crippen molar-refractivity contribution in [2.24, 2.45) is 7.05 Å². The normalized spacial score (nSPS) is 10.8. The van der Waals surface area contributed by atoms with Crippen molar-refractivity contribution in [3.05, 3.63) is 34.1 Å². The van der Waals surface area contributed by atoms with Crippen molar-refractivity contribution in [2.75, 3.05) is 0 Å². The minimum absolute atomic E-state index is 0.106. The van der Waals surface area contributed by atoms with Gasteiger partial charge in [0.05, 0.1) is 10.1 Å². The van der Waals surface area contributed by atoms with Crippen LogP contribution in [0.5, 0.6) is 0 Å². The summed E-state index contributed by atoms with van der Waals surface area (Å²) in [6, 6.07) is 5.90. The second kappa shape index (κ2) is 2.45. The molecule has 62 valence electrons. The minimum Gasteiger partial charge on any atom is -0.268 e. The topological polar surface area (TPSA) is 22.0 Å². The predicted octanol–water partition coefficient (Wildman–Crippen LogP) is 1.91. The van der Waals surface area contributed by atoms with Crippen LogP contribution >= 0.6 is 11.5 Å². The summed E-state index contributed by atoms with van der Waals surface area (Å²) in [7, 11) is 1.79. The zero-order valence-corrected chi connectivity index (χ0v) is 7.81. The molecular formula is C9H9NOS. The van der Waals surface area contributed by atoms with Gasteiger partial charge < -0.3 is 0 Å². The van der Waals surface area contributed by atoms with Gasteiger partial charge in [0.15, 0.2) is 0 Å². The predicted molar refractivity (Wildman–Crippen MR) is 51.8 cm³/mol. The lowest BCUT2D eigenvalue weighted by atomic mass is 10.2. The monoisotopic (exact) mass is 179 g/mol. The average Bonchev–Trinajstić information content (AvgIpc) is 2.28. The highest BCUT2D eigenvalue weighted by Gasteiger charge is 2.02. The van der Waals surface area contributed by atoms with Crippen molar-refractivity contribution in [3.63, 3.8) is 0 Å². The van der Waals surface area contributed by atoms with Gasteiger partial charge >= 0.3 is 0 Å². The van der Waals surface area contributed by atoms with Crippen molar-refractivity contribution in [2.45, 2.75) is 6.92 Å². The summed E-state index contributed by atoms with van der Waals surface area (Å²) in [5.74, 6) is 0. The lowest BCUT2D eigenvalue weighted by Crippen LogP contribution is -2.07. The van der Waals surface area contributed by atoms with E-state index in [0.29, 0.717) is 0 Å². The third-order valence-electron chi connectivity index (χ3n) is 1.89. The molecule has 0 aliphatic heterocycles. The van der Waals surface area contributed by atoms with Crippen molar-refractivity contribution < 1.29 is 0 Å². The molecule has 1 aromatic carbocycles. The van der Waals surface area contributed by atoms with E-state index >= 15 is 0 Å². The van der Waals surface area contributed by atoms with Gasteiger partial charge in [0.1, 0.15) is 0 Å². The number of hydrogen-bond donors (Lipinski definition) is 0. The molecule has 0 saturated heterocycles. The molecule has 0 N–H and O–H groups in total. The zero-order chi connectivity index (χ0) is 8.72. The third kappa shape index (κ3) is 0.975. The van der Waals surface area contributed by atoms with Gasteiger partial charge in [-0.05, 0) is 24.6 Å². The Hall–Kier alpha value is -1.09. The molecule has 2 rings (SSSR count). The highest BCUT2D eigenvalue weighted by Crippen LogP contribution is 2.16. The van der Waals surface area contributed by atoms with Crippen molar-refractivity contribution in [3.8, 4) is 0 Å². The van der Waals surface area contributed by atoms with E-state index in [1.807, 2.05) is 25.1 Å². The molecule has 0 spiro atoms. The van der Waals surface area contributed by atoms with E-state index in [1.165, 1.54) is 17.1 Å². The minimum atomic E-state index is 0.106. The van der Waals surface area contributed by atoms with Crippen LogP contribution in [0.15, 0.2) is 23.0 Å². The van der Waals surface area contributed by atoms with Gasteiger partial charge in [-0.3, -0.25) is 8.75 Å². The first kappa shape index (κ1) is 7.55. The molecule has 0 aliphatic rings. The van der Waals surface area contributed by atoms with Crippen LogP contribution in [-0.4, -0.2) is 3.96 Å². The molecule has 0 saturated carbocycles. The molecule has 0 radical (unpaired) electrons. The van der Waals surface area contributed by atoms with E-state index in [2.05, 4.69) is 0 Å². The molecule has 0 unspecified atom stereocenters. The van der Waals surface area contributed by atoms with Crippen LogP contribution in [-0.2, 0) is 7.05 Å². The van der Waals surface area contributed by atoms with Crippen LogP contribution in [0.2, 0.25) is 0 Å². The molecule has 0 amide bonds. The van der Waals surface area contributed by atoms with Crippen molar-refractivity contribution in [1.82, 2.24) is 3.96 Å². The molecule has 0 atom stereocenters.